The molecular formula is C17H20N4O4. The smallest absolute Gasteiger partial charge is 0.328 e. The van der Waals surface area contributed by atoms with E-state index < -0.39 is 17.2 Å². The van der Waals surface area contributed by atoms with Gasteiger partial charge < -0.3 is 10.6 Å². The van der Waals surface area contributed by atoms with Crippen molar-refractivity contribution in [3.63, 3.8) is 0 Å². The van der Waals surface area contributed by atoms with Gasteiger partial charge in [0.15, 0.2) is 0 Å². The Morgan fingerprint density at radius 3 is 2.36 bits per heavy atom. The van der Waals surface area contributed by atoms with Gasteiger partial charge in [0.1, 0.15) is 6.54 Å². The zero-order chi connectivity index (χ0) is 18.4. The summed E-state index contributed by atoms with van der Waals surface area (Å²) in [6, 6.07) is 8.13. The van der Waals surface area contributed by atoms with Crippen LogP contribution in [-0.2, 0) is 22.6 Å². The average Bonchev–Trinajstić information content (AvgIpc) is 2.51. The largest absolute Gasteiger partial charge is 0.354 e. The number of rotatable bonds is 6. The SMILES string of the molecule is CC(C)NC(=O)Cc1ccc(NC(=O)Cn2ccc(=O)[nH]c2=O)cc1. The van der Waals surface area contributed by atoms with Crippen molar-refractivity contribution in [1.29, 1.82) is 0 Å². The third-order valence-corrected chi connectivity index (χ3v) is 3.26. The van der Waals surface area contributed by atoms with Gasteiger partial charge in [-0.3, -0.25) is 23.9 Å². The standard InChI is InChI=1S/C17H20N4O4/c1-11(2)18-15(23)9-12-3-5-13(6-4-12)19-16(24)10-21-8-7-14(22)20-17(21)25/h3-8,11H,9-10H2,1-2H3,(H,18,23)(H,19,24)(H,20,22,25). The minimum atomic E-state index is -0.644. The van der Waals surface area contributed by atoms with Crippen LogP contribution >= 0.6 is 0 Å². The number of carbonyl (C=O) groups excluding carboxylic acids is 2. The first-order chi connectivity index (χ1) is 11.8. The van der Waals surface area contributed by atoms with Gasteiger partial charge in [0.2, 0.25) is 11.8 Å². The quantitative estimate of drug-likeness (QED) is 0.697. The summed E-state index contributed by atoms with van der Waals surface area (Å²) in [6.07, 6.45) is 1.52. The number of hydrogen-bond donors (Lipinski definition) is 3. The Balaban J connectivity index is 1.94. The van der Waals surface area contributed by atoms with E-state index in [9.17, 15) is 19.2 Å². The molecule has 0 saturated heterocycles. The number of anilines is 1. The van der Waals surface area contributed by atoms with Crippen molar-refractivity contribution in [2.75, 3.05) is 5.32 Å². The Hall–Kier alpha value is -3.16. The van der Waals surface area contributed by atoms with Gasteiger partial charge in [-0.25, -0.2) is 4.79 Å². The van der Waals surface area contributed by atoms with Gasteiger partial charge in [0, 0.05) is 24.0 Å². The number of benzene rings is 1. The summed E-state index contributed by atoms with van der Waals surface area (Å²) < 4.78 is 1.10. The van der Waals surface area contributed by atoms with Crippen LogP contribution < -0.4 is 21.9 Å². The van der Waals surface area contributed by atoms with Crippen molar-refractivity contribution in [3.8, 4) is 0 Å². The molecule has 1 aromatic heterocycles. The maximum Gasteiger partial charge on any atom is 0.328 e. The predicted molar refractivity (Wildman–Crippen MR) is 93.4 cm³/mol. The van der Waals surface area contributed by atoms with Crippen molar-refractivity contribution in [2.24, 2.45) is 0 Å². The van der Waals surface area contributed by atoms with Crippen molar-refractivity contribution >= 4 is 17.5 Å². The molecule has 0 bridgehead atoms. The Labute approximate surface area is 143 Å². The number of carbonyl (C=O) groups is 2. The Kier molecular flexibility index (Phi) is 5.89. The van der Waals surface area contributed by atoms with Crippen LogP contribution in [0, 0.1) is 0 Å². The number of aromatic nitrogens is 2. The van der Waals surface area contributed by atoms with Crippen molar-refractivity contribution in [1.82, 2.24) is 14.9 Å². The fraction of sp³-hybridized carbons (Fsp3) is 0.294. The first-order valence-corrected chi connectivity index (χ1v) is 7.81. The molecule has 0 radical (unpaired) electrons. The third kappa shape index (κ3) is 5.76. The molecule has 0 aliphatic heterocycles. The van der Waals surface area contributed by atoms with Gasteiger partial charge in [0.05, 0.1) is 6.42 Å². The van der Waals surface area contributed by atoms with Crippen LogP contribution in [0.15, 0.2) is 46.1 Å². The molecule has 8 nitrogen and oxygen atoms in total. The molecule has 25 heavy (non-hydrogen) atoms. The van der Waals surface area contributed by atoms with Gasteiger partial charge in [-0.2, -0.15) is 0 Å². The molecule has 1 heterocycles. The summed E-state index contributed by atoms with van der Waals surface area (Å²) in [5, 5.41) is 5.46. The maximum atomic E-state index is 12.0. The van der Waals surface area contributed by atoms with Crippen molar-refractivity contribution in [2.45, 2.75) is 32.9 Å². The fourth-order valence-electron chi connectivity index (χ4n) is 2.19. The van der Waals surface area contributed by atoms with Crippen LogP contribution in [0.4, 0.5) is 5.69 Å². The lowest BCUT2D eigenvalue weighted by Crippen LogP contribution is -2.32. The molecule has 2 aromatic rings. The minimum Gasteiger partial charge on any atom is -0.354 e. The summed E-state index contributed by atoms with van der Waals surface area (Å²) >= 11 is 0. The van der Waals surface area contributed by atoms with Gasteiger partial charge >= 0.3 is 5.69 Å². The Morgan fingerprint density at radius 2 is 1.76 bits per heavy atom. The monoisotopic (exact) mass is 344 g/mol. The summed E-state index contributed by atoms with van der Waals surface area (Å²) in [5.41, 5.74) is 0.219. The van der Waals surface area contributed by atoms with Gasteiger partial charge in [-0.05, 0) is 31.5 Å². The molecule has 0 fully saturated rings. The number of amides is 2. The zero-order valence-electron chi connectivity index (χ0n) is 14.0. The highest BCUT2D eigenvalue weighted by molar-refractivity contribution is 5.90. The number of nitrogens with one attached hydrogen (secondary N) is 3. The van der Waals surface area contributed by atoms with E-state index in [1.54, 1.807) is 24.3 Å². The lowest BCUT2D eigenvalue weighted by molar-refractivity contribution is -0.121. The molecule has 0 saturated carbocycles. The van der Waals surface area contributed by atoms with Gasteiger partial charge in [0.25, 0.3) is 5.56 Å². The molecule has 0 atom stereocenters. The topological polar surface area (TPSA) is 113 Å². The van der Waals surface area contributed by atoms with E-state index in [1.165, 1.54) is 12.3 Å². The summed E-state index contributed by atoms with van der Waals surface area (Å²) in [7, 11) is 0. The number of hydrogen-bond acceptors (Lipinski definition) is 4. The van der Waals surface area contributed by atoms with Crippen LogP contribution in [0.2, 0.25) is 0 Å². The molecule has 3 N–H and O–H groups in total. The first-order valence-electron chi connectivity index (χ1n) is 7.81. The highest BCUT2D eigenvalue weighted by Gasteiger charge is 2.07. The Bertz CT molecular complexity index is 865. The van der Waals surface area contributed by atoms with Crippen LogP contribution in [0.3, 0.4) is 0 Å². The predicted octanol–water partition coefficient (Wildman–Crippen LogP) is 0.242. The summed E-state index contributed by atoms with van der Waals surface area (Å²) in [4.78, 5) is 48.3. The van der Waals surface area contributed by atoms with E-state index in [-0.39, 0.29) is 24.9 Å². The van der Waals surface area contributed by atoms with Crippen molar-refractivity contribution < 1.29 is 9.59 Å². The minimum absolute atomic E-state index is 0.0655. The molecule has 0 aliphatic rings. The zero-order valence-corrected chi connectivity index (χ0v) is 14.0. The molecule has 1 aromatic carbocycles. The second-order valence-corrected chi connectivity index (χ2v) is 5.88. The molecule has 0 unspecified atom stereocenters. The van der Waals surface area contributed by atoms with Gasteiger partial charge in [-0.1, -0.05) is 12.1 Å². The second-order valence-electron chi connectivity index (χ2n) is 5.88. The van der Waals surface area contributed by atoms with E-state index >= 15 is 0 Å². The van der Waals surface area contributed by atoms with Crippen LogP contribution in [0.5, 0.6) is 0 Å². The maximum absolute atomic E-state index is 12.0. The molecule has 132 valence electrons. The van der Waals surface area contributed by atoms with Crippen LogP contribution in [0.25, 0.3) is 0 Å². The highest BCUT2D eigenvalue weighted by Crippen LogP contribution is 2.10. The van der Waals surface area contributed by atoms with Gasteiger partial charge in [-0.15, -0.1) is 0 Å². The summed E-state index contributed by atoms with van der Waals surface area (Å²) in [5.74, 6) is -0.469. The molecule has 2 rings (SSSR count). The molecule has 2 amide bonds. The second kappa shape index (κ2) is 8.09. The fourth-order valence-corrected chi connectivity index (χ4v) is 2.19. The van der Waals surface area contributed by atoms with E-state index in [4.69, 9.17) is 0 Å². The third-order valence-electron chi connectivity index (χ3n) is 3.26. The van der Waals surface area contributed by atoms with E-state index in [0.717, 1.165) is 10.1 Å². The average molecular weight is 344 g/mol. The van der Waals surface area contributed by atoms with Crippen LogP contribution in [0.1, 0.15) is 19.4 Å². The summed E-state index contributed by atoms with van der Waals surface area (Å²) in [6.45, 7) is 3.57. The Morgan fingerprint density at radius 1 is 1.08 bits per heavy atom. The van der Waals surface area contributed by atoms with E-state index in [1.807, 2.05) is 13.8 Å². The van der Waals surface area contributed by atoms with Crippen LogP contribution in [-0.4, -0.2) is 27.4 Å². The molecule has 8 heteroatoms. The number of H-pyrrole nitrogens is 1. The number of nitrogens with zero attached hydrogens (tertiary/aromatic N) is 1. The highest BCUT2D eigenvalue weighted by atomic mass is 16.2. The first kappa shape index (κ1) is 18.2. The lowest BCUT2D eigenvalue weighted by atomic mass is 10.1. The number of aromatic amines is 1. The lowest BCUT2D eigenvalue weighted by Gasteiger charge is -2.09. The molecule has 0 spiro atoms. The molecular weight excluding hydrogens is 324 g/mol. The van der Waals surface area contributed by atoms with Crippen molar-refractivity contribution in [3.05, 3.63) is 62.9 Å². The van der Waals surface area contributed by atoms with E-state index in [2.05, 4.69) is 15.6 Å². The normalized spacial score (nSPS) is 10.5. The van der Waals surface area contributed by atoms with E-state index in [0.29, 0.717) is 5.69 Å². The molecule has 0 aliphatic carbocycles.